The lowest BCUT2D eigenvalue weighted by atomic mass is 9.66. The van der Waals surface area contributed by atoms with Crippen molar-refractivity contribution in [3.05, 3.63) is 0 Å². The standard InChI is InChI=1S/C7H13F2NO.ClH/c1-11-5-6(4-10)2-7(8,9)3-6;/h2-5,10H2,1H3;1H. The molecule has 1 rings (SSSR count). The molecule has 0 amide bonds. The number of ether oxygens (including phenoxy) is 1. The van der Waals surface area contributed by atoms with Gasteiger partial charge in [-0.15, -0.1) is 12.4 Å². The maximum atomic E-state index is 12.4. The summed E-state index contributed by atoms with van der Waals surface area (Å²) in [6.45, 7) is 0.634. The van der Waals surface area contributed by atoms with E-state index in [1.807, 2.05) is 0 Å². The lowest BCUT2D eigenvalue weighted by Gasteiger charge is -2.46. The zero-order valence-electron chi connectivity index (χ0n) is 6.98. The molecule has 1 aliphatic rings. The molecular weight excluding hydrogens is 188 g/mol. The van der Waals surface area contributed by atoms with Crippen LogP contribution in [0.1, 0.15) is 12.8 Å². The minimum absolute atomic E-state index is 0. The molecular formula is C7H14ClF2NO. The van der Waals surface area contributed by atoms with Gasteiger partial charge < -0.3 is 10.5 Å². The van der Waals surface area contributed by atoms with Crippen molar-refractivity contribution in [3.63, 3.8) is 0 Å². The van der Waals surface area contributed by atoms with Gasteiger partial charge in [-0.1, -0.05) is 0 Å². The van der Waals surface area contributed by atoms with Crippen molar-refractivity contribution in [2.75, 3.05) is 20.3 Å². The Balaban J connectivity index is 0.00000121. The fourth-order valence-electron chi connectivity index (χ4n) is 1.66. The van der Waals surface area contributed by atoms with Crippen LogP contribution in [0.2, 0.25) is 0 Å². The summed E-state index contributed by atoms with van der Waals surface area (Å²) in [5.41, 5.74) is 4.92. The predicted octanol–water partition coefficient (Wildman–Crippen LogP) is 1.43. The van der Waals surface area contributed by atoms with Crippen molar-refractivity contribution in [3.8, 4) is 0 Å². The van der Waals surface area contributed by atoms with E-state index in [1.165, 1.54) is 7.11 Å². The summed E-state index contributed by atoms with van der Waals surface area (Å²) in [5.74, 6) is -2.50. The highest BCUT2D eigenvalue weighted by molar-refractivity contribution is 5.85. The fourth-order valence-corrected chi connectivity index (χ4v) is 1.66. The third-order valence-electron chi connectivity index (χ3n) is 2.15. The molecule has 0 atom stereocenters. The van der Waals surface area contributed by atoms with E-state index in [9.17, 15) is 8.78 Å². The van der Waals surface area contributed by atoms with Gasteiger partial charge in [-0.2, -0.15) is 0 Å². The van der Waals surface area contributed by atoms with Crippen molar-refractivity contribution in [2.24, 2.45) is 11.1 Å². The van der Waals surface area contributed by atoms with Gasteiger partial charge in [-0.25, -0.2) is 8.78 Å². The van der Waals surface area contributed by atoms with Crippen LogP contribution in [0.25, 0.3) is 0 Å². The van der Waals surface area contributed by atoms with Gasteiger partial charge in [0.25, 0.3) is 0 Å². The molecule has 1 aliphatic carbocycles. The van der Waals surface area contributed by atoms with E-state index in [4.69, 9.17) is 10.5 Å². The molecule has 0 spiro atoms. The third kappa shape index (κ3) is 2.28. The molecule has 0 radical (unpaired) electrons. The van der Waals surface area contributed by atoms with Gasteiger partial charge in [0.2, 0.25) is 5.92 Å². The summed E-state index contributed by atoms with van der Waals surface area (Å²) in [4.78, 5) is 0. The molecule has 5 heteroatoms. The zero-order chi connectivity index (χ0) is 8.54. The molecule has 0 saturated heterocycles. The summed E-state index contributed by atoms with van der Waals surface area (Å²) in [5, 5.41) is 0. The maximum Gasteiger partial charge on any atom is 0.249 e. The molecule has 0 aromatic rings. The highest BCUT2D eigenvalue weighted by atomic mass is 35.5. The molecule has 1 saturated carbocycles. The predicted molar refractivity (Wildman–Crippen MR) is 44.8 cm³/mol. The molecule has 2 N–H and O–H groups in total. The van der Waals surface area contributed by atoms with Crippen LogP contribution in [0.5, 0.6) is 0 Å². The van der Waals surface area contributed by atoms with Crippen LogP contribution in [0.15, 0.2) is 0 Å². The number of nitrogens with two attached hydrogens (primary N) is 1. The van der Waals surface area contributed by atoms with Gasteiger partial charge in [0.05, 0.1) is 6.61 Å². The monoisotopic (exact) mass is 201 g/mol. The maximum absolute atomic E-state index is 12.4. The lowest BCUT2D eigenvalue weighted by molar-refractivity contribution is -0.175. The Morgan fingerprint density at radius 3 is 2.17 bits per heavy atom. The number of halogens is 3. The van der Waals surface area contributed by atoms with Crippen molar-refractivity contribution in [2.45, 2.75) is 18.8 Å². The van der Waals surface area contributed by atoms with Gasteiger partial charge in [0.15, 0.2) is 0 Å². The van der Waals surface area contributed by atoms with E-state index in [2.05, 4.69) is 0 Å². The second-order valence-electron chi connectivity index (χ2n) is 3.35. The minimum atomic E-state index is -2.50. The number of alkyl halides is 2. The molecule has 0 heterocycles. The van der Waals surface area contributed by atoms with Crippen LogP contribution in [0.3, 0.4) is 0 Å². The SMILES string of the molecule is COCC1(CN)CC(F)(F)C1.Cl. The smallest absolute Gasteiger partial charge is 0.249 e. The Morgan fingerprint density at radius 1 is 1.42 bits per heavy atom. The Hall–Kier alpha value is 0.0700. The summed E-state index contributed by atoms with van der Waals surface area (Å²) < 4.78 is 29.7. The molecule has 2 nitrogen and oxygen atoms in total. The second kappa shape index (κ2) is 3.85. The van der Waals surface area contributed by atoms with Crippen LogP contribution in [-0.4, -0.2) is 26.2 Å². The summed E-state index contributed by atoms with van der Waals surface area (Å²) in [7, 11) is 1.51. The average molecular weight is 202 g/mol. The largest absolute Gasteiger partial charge is 0.384 e. The van der Waals surface area contributed by atoms with Crippen molar-refractivity contribution in [1.29, 1.82) is 0 Å². The van der Waals surface area contributed by atoms with E-state index in [-0.39, 0.29) is 31.8 Å². The Kier molecular flexibility index (Phi) is 3.87. The van der Waals surface area contributed by atoms with E-state index in [1.54, 1.807) is 0 Å². The van der Waals surface area contributed by atoms with Gasteiger partial charge in [0, 0.05) is 31.9 Å². The van der Waals surface area contributed by atoms with Gasteiger partial charge in [-0.3, -0.25) is 0 Å². The minimum Gasteiger partial charge on any atom is -0.384 e. The first kappa shape index (κ1) is 12.1. The normalized spacial score (nSPS) is 24.0. The quantitative estimate of drug-likeness (QED) is 0.750. The van der Waals surface area contributed by atoms with E-state index < -0.39 is 11.3 Å². The van der Waals surface area contributed by atoms with Crippen LogP contribution >= 0.6 is 12.4 Å². The van der Waals surface area contributed by atoms with Crippen LogP contribution in [0.4, 0.5) is 8.78 Å². The first-order chi connectivity index (χ1) is 5.04. The summed E-state index contributed by atoms with van der Waals surface area (Å²) in [6, 6.07) is 0. The topological polar surface area (TPSA) is 35.2 Å². The molecule has 0 unspecified atom stereocenters. The molecule has 0 bridgehead atoms. The van der Waals surface area contributed by atoms with E-state index in [0.29, 0.717) is 6.61 Å². The Morgan fingerprint density at radius 2 is 1.92 bits per heavy atom. The lowest BCUT2D eigenvalue weighted by Crippen LogP contribution is -2.52. The first-order valence-corrected chi connectivity index (χ1v) is 3.60. The number of rotatable bonds is 3. The van der Waals surface area contributed by atoms with Crippen LogP contribution < -0.4 is 5.73 Å². The van der Waals surface area contributed by atoms with Crippen molar-refractivity contribution < 1.29 is 13.5 Å². The first-order valence-electron chi connectivity index (χ1n) is 3.60. The van der Waals surface area contributed by atoms with Gasteiger partial charge in [-0.05, 0) is 0 Å². The molecule has 12 heavy (non-hydrogen) atoms. The molecule has 1 fully saturated rings. The number of hydrogen-bond acceptors (Lipinski definition) is 2. The number of methoxy groups -OCH3 is 1. The molecule has 0 aromatic heterocycles. The number of hydrogen-bond donors (Lipinski definition) is 1. The van der Waals surface area contributed by atoms with E-state index in [0.717, 1.165) is 0 Å². The molecule has 0 aliphatic heterocycles. The van der Waals surface area contributed by atoms with Crippen LogP contribution in [0, 0.1) is 5.41 Å². The second-order valence-corrected chi connectivity index (χ2v) is 3.35. The Bertz CT molecular complexity index is 146. The zero-order valence-corrected chi connectivity index (χ0v) is 7.79. The highest BCUT2D eigenvalue weighted by Gasteiger charge is 2.55. The van der Waals surface area contributed by atoms with Gasteiger partial charge in [0.1, 0.15) is 0 Å². The van der Waals surface area contributed by atoms with Crippen LogP contribution in [-0.2, 0) is 4.74 Å². The van der Waals surface area contributed by atoms with Crippen molar-refractivity contribution in [1.82, 2.24) is 0 Å². The van der Waals surface area contributed by atoms with Crippen molar-refractivity contribution >= 4 is 12.4 Å². The third-order valence-corrected chi connectivity index (χ3v) is 2.15. The summed E-state index contributed by atoms with van der Waals surface area (Å²) >= 11 is 0. The highest BCUT2D eigenvalue weighted by Crippen LogP contribution is 2.51. The Labute approximate surface area is 76.9 Å². The molecule has 0 aromatic carbocycles. The van der Waals surface area contributed by atoms with E-state index >= 15 is 0 Å². The average Bonchev–Trinajstić information content (AvgIpc) is 1.84. The molecule has 74 valence electrons. The van der Waals surface area contributed by atoms with Gasteiger partial charge >= 0.3 is 0 Å². The summed E-state index contributed by atoms with van der Waals surface area (Å²) in [6.07, 6.45) is -0.241. The fraction of sp³-hybridized carbons (Fsp3) is 1.00.